The Morgan fingerprint density at radius 1 is 1.47 bits per heavy atom. The molecule has 1 N–H and O–H groups in total. The molecule has 1 unspecified atom stereocenters. The molecule has 1 aromatic rings. The van der Waals surface area contributed by atoms with Crippen molar-refractivity contribution in [1.82, 2.24) is 9.80 Å². The van der Waals surface area contributed by atoms with Gasteiger partial charge < -0.3 is 10.0 Å². The summed E-state index contributed by atoms with van der Waals surface area (Å²) in [5.74, 6) is 5.66. The van der Waals surface area contributed by atoms with Crippen LogP contribution in [-0.2, 0) is 6.54 Å². The van der Waals surface area contributed by atoms with Crippen LogP contribution in [0.5, 0.6) is 0 Å². The van der Waals surface area contributed by atoms with Crippen LogP contribution in [-0.4, -0.2) is 54.2 Å². The highest BCUT2D eigenvalue weighted by atomic mass is 32.1. The average Bonchev–Trinajstić information content (AvgIpc) is 2.86. The molecule has 0 spiro atoms. The Balaban J connectivity index is 1.92. The first kappa shape index (κ1) is 14.5. The molecule has 0 saturated carbocycles. The van der Waals surface area contributed by atoms with E-state index < -0.39 is 0 Å². The van der Waals surface area contributed by atoms with Crippen LogP contribution in [0, 0.1) is 11.8 Å². The van der Waals surface area contributed by atoms with E-state index in [1.165, 1.54) is 11.3 Å². The highest BCUT2D eigenvalue weighted by Gasteiger charge is 2.22. The first-order valence-corrected chi connectivity index (χ1v) is 7.70. The molecule has 1 aromatic heterocycles. The van der Waals surface area contributed by atoms with Gasteiger partial charge in [0.1, 0.15) is 6.61 Å². The molecule has 2 rings (SSSR count). The van der Waals surface area contributed by atoms with E-state index in [4.69, 9.17) is 5.11 Å². The Morgan fingerprint density at radius 2 is 2.32 bits per heavy atom. The second kappa shape index (κ2) is 7.06. The van der Waals surface area contributed by atoms with E-state index in [0.717, 1.165) is 31.7 Å². The molecule has 4 heteroatoms. The Labute approximate surface area is 119 Å². The average molecular weight is 278 g/mol. The van der Waals surface area contributed by atoms with Gasteiger partial charge in [0.05, 0.1) is 0 Å². The van der Waals surface area contributed by atoms with Crippen molar-refractivity contribution in [3.63, 3.8) is 0 Å². The second-order valence-electron chi connectivity index (χ2n) is 5.04. The normalized spacial score (nSPS) is 21.1. The first-order chi connectivity index (χ1) is 9.22. The molecule has 104 valence electrons. The van der Waals surface area contributed by atoms with E-state index in [1.807, 2.05) is 0 Å². The lowest BCUT2D eigenvalue weighted by Gasteiger charge is -2.38. The molecule has 0 aliphatic carbocycles. The van der Waals surface area contributed by atoms with Gasteiger partial charge in [-0.2, -0.15) is 0 Å². The number of piperazine rings is 1. The molecular formula is C15H22N2OS. The Hall–Kier alpha value is -0.860. The van der Waals surface area contributed by atoms with E-state index in [9.17, 15) is 0 Å². The van der Waals surface area contributed by atoms with Crippen molar-refractivity contribution < 1.29 is 5.11 Å². The fourth-order valence-electron chi connectivity index (χ4n) is 2.49. The number of hydrogen-bond acceptors (Lipinski definition) is 4. The topological polar surface area (TPSA) is 26.7 Å². The summed E-state index contributed by atoms with van der Waals surface area (Å²) in [6.07, 6.45) is 1.21. The third-order valence-electron chi connectivity index (χ3n) is 3.68. The number of aliphatic hydroxyl groups is 1. The van der Waals surface area contributed by atoms with Gasteiger partial charge in [-0.05, 0) is 19.5 Å². The van der Waals surface area contributed by atoms with Crippen LogP contribution < -0.4 is 0 Å². The molecule has 1 fully saturated rings. The van der Waals surface area contributed by atoms with Gasteiger partial charge in [0.15, 0.2) is 0 Å². The molecule has 0 amide bonds. The predicted molar refractivity (Wildman–Crippen MR) is 80.3 cm³/mol. The number of nitrogens with zero attached hydrogens (tertiary/aromatic N) is 2. The highest BCUT2D eigenvalue weighted by molar-refractivity contribution is 7.10. The lowest BCUT2D eigenvalue weighted by atomic mass is 10.1. The van der Waals surface area contributed by atoms with Gasteiger partial charge in [-0.1, -0.05) is 18.8 Å². The first-order valence-electron chi connectivity index (χ1n) is 6.82. The summed E-state index contributed by atoms with van der Waals surface area (Å²) < 4.78 is 0. The molecule has 0 bridgehead atoms. The quantitative estimate of drug-likeness (QED) is 0.851. The van der Waals surface area contributed by atoms with E-state index >= 15 is 0 Å². The van der Waals surface area contributed by atoms with Crippen LogP contribution in [0.3, 0.4) is 0 Å². The molecule has 0 aromatic carbocycles. The fourth-order valence-corrected chi connectivity index (χ4v) is 3.34. The standard InChI is InChI=1S/C15H22N2OS/c1-3-14-10-17(7-6-16(14)2)11-15-9-13(12-19-15)5-4-8-18/h9,12,14,18H,3,6-8,10-11H2,1-2H3. The fraction of sp³-hybridized carbons (Fsp3) is 0.600. The Kier molecular flexibility index (Phi) is 5.41. The third-order valence-corrected chi connectivity index (χ3v) is 4.60. The van der Waals surface area contributed by atoms with Crippen LogP contribution in [0.4, 0.5) is 0 Å². The number of likely N-dealkylation sites (N-methyl/N-ethyl adjacent to an activating group) is 1. The van der Waals surface area contributed by atoms with Crippen molar-refractivity contribution in [2.24, 2.45) is 0 Å². The number of thiophene rings is 1. The van der Waals surface area contributed by atoms with Gasteiger partial charge in [-0.3, -0.25) is 4.90 Å². The van der Waals surface area contributed by atoms with Crippen molar-refractivity contribution in [2.75, 3.05) is 33.3 Å². The van der Waals surface area contributed by atoms with E-state index in [1.54, 1.807) is 11.3 Å². The zero-order valence-electron chi connectivity index (χ0n) is 11.7. The molecule has 3 nitrogen and oxygen atoms in total. The zero-order valence-corrected chi connectivity index (χ0v) is 12.5. The minimum absolute atomic E-state index is 0.0676. The van der Waals surface area contributed by atoms with Crippen molar-refractivity contribution >= 4 is 11.3 Å². The van der Waals surface area contributed by atoms with Crippen LogP contribution in [0.15, 0.2) is 11.4 Å². The van der Waals surface area contributed by atoms with Crippen molar-refractivity contribution in [3.05, 3.63) is 21.9 Å². The summed E-state index contributed by atoms with van der Waals surface area (Å²) in [5.41, 5.74) is 1.02. The second-order valence-corrected chi connectivity index (χ2v) is 6.04. The smallest absolute Gasteiger partial charge is 0.104 e. The lowest BCUT2D eigenvalue weighted by Crippen LogP contribution is -2.50. The van der Waals surface area contributed by atoms with Crippen LogP contribution in [0.2, 0.25) is 0 Å². The van der Waals surface area contributed by atoms with Crippen LogP contribution in [0.25, 0.3) is 0 Å². The number of hydrogen-bond donors (Lipinski definition) is 1. The maximum absolute atomic E-state index is 8.69. The van der Waals surface area contributed by atoms with E-state index in [0.29, 0.717) is 6.04 Å². The van der Waals surface area contributed by atoms with Gasteiger partial charge >= 0.3 is 0 Å². The summed E-state index contributed by atoms with van der Waals surface area (Å²) in [5, 5.41) is 10.8. The molecule has 2 heterocycles. The monoisotopic (exact) mass is 278 g/mol. The third kappa shape index (κ3) is 4.05. The minimum Gasteiger partial charge on any atom is -0.384 e. The zero-order chi connectivity index (χ0) is 13.7. The van der Waals surface area contributed by atoms with Crippen LogP contribution in [0.1, 0.15) is 23.8 Å². The molecule has 0 radical (unpaired) electrons. The lowest BCUT2D eigenvalue weighted by molar-refractivity contribution is 0.0891. The van der Waals surface area contributed by atoms with Crippen molar-refractivity contribution in [1.29, 1.82) is 0 Å². The largest absolute Gasteiger partial charge is 0.384 e. The van der Waals surface area contributed by atoms with Crippen LogP contribution >= 0.6 is 11.3 Å². The maximum atomic E-state index is 8.69. The highest BCUT2D eigenvalue weighted by Crippen LogP contribution is 2.19. The van der Waals surface area contributed by atoms with E-state index in [2.05, 4.69) is 47.1 Å². The van der Waals surface area contributed by atoms with Gasteiger partial charge in [-0.25, -0.2) is 0 Å². The molecule has 1 atom stereocenters. The molecular weight excluding hydrogens is 256 g/mol. The molecule has 1 aliphatic heterocycles. The molecule has 19 heavy (non-hydrogen) atoms. The Bertz CT molecular complexity index is 460. The summed E-state index contributed by atoms with van der Waals surface area (Å²) in [6, 6.07) is 2.83. The van der Waals surface area contributed by atoms with Gasteiger partial charge in [-0.15, -0.1) is 11.3 Å². The minimum atomic E-state index is -0.0676. The summed E-state index contributed by atoms with van der Waals surface area (Å²) in [6.45, 7) is 6.67. The molecule has 1 aliphatic rings. The van der Waals surface area contributed by atoms with Gasteiger partial charge in [0.2, 0.25) is 0 Å². The SMILES string of the molecule is CCC1CN(Cc2cc(C#CCO)cs2)CCN1C. The van der Waals surface area contributed by atoms with Gasteiger partial charge in [0.25, 0.3) is 0 Å². The number of aliphatic hydroxyl groups excluding tert-OH is 1. The molecule has 1 saturated heterocycles. The Morgan fingerprint density at radius 3 is 3.05 bits per heavy atom. The van der Waals surface area contributed by atoms with E-state index in [-0.39, 0.29) is 6.61 Å². The summed E-state index contributed by atoms with van der Waals surface area (Å²) >= 11 is 1.76. The predicted octanol–water partition coefficient (Wildman–Crippen LogP) is 1.62. The summed E-state index contributed by atoms with van der Waals surface area (Å²) in [7, 11) is 2.22. The number of rotatable bonds is 3. The van der Waals surface area contributed by atoms with Crippen molar-refractivity contribution in [3.8, 4) is 11.8 Å². The van der Waals surface area contributed by atoms with Crippen molar-refractivity contribution in [2.45, 2.75) is 25.9 Å². The summed E-state index contributed by atoms with van der Waals surface area (Å²) in [4.78, 5) is 6.36. The van der Waals surface area contributed by atoms with Gasteiger partial charge in [0, 0.05) is 48.0 Å². The maximum Gasteiger partial charge on any atom is 0.104 e.